The van der Waals surface area contributed by atoms with Crippen LogP contribution < -0.4 is 10.6 Å². The van der Waals surface area contributed by atoms with Gasteiger partial charge in [0.2, 0.25) is 17.7 Å². The highest BCUT2D eigenvalue weighted by atomic mass is 16.4. The zero-order chi connectivity index (χ0) is 22.4. The number of carbonyl (C=O) groups excluding carboxylic acids is 2. The van der Waals surface area contributed by atoms with Gasteiger partial charge in [0.1, 0.15) is 5.52 Å². The van der Waals surface area contributed by atoms with E-state index >= 15 is 0 Å². The van der Waals surface area contributed by atoms with Crippen molar-refractivity contribution in [3.8, 4) is 11.5 Å². The number of hydrogen-bond donors (Lipinski definition) is 4. The Balaban J connectivity index is 1.67. The number of benzene rings is 2. The maximum atomic E-state index is 11.8. The van der Waals surface area contributed by atoms with Crippen LogP contribution in [0.2, 0.25) is 0 Å². The van der Waals surface area contributed by atoms with Crippen molar-refractivity contribution in [1.29, 1.82) is 0 Å². The summed E-state index contributed by atoms with van der Waals surface area (Å²) in [7, 11) is 0. The molecule has 0 aliphatic carbocycles. The summed E-state index contributed by atoms with van der Waals surface area (Å²) in [5, 5.41) is 22.5. The Kier molecular flexibility index (Phi) is 6.61. The molecular formula is C21H19N3O7. The van der Waals surface area contributed by atoms with Crippen molar-refractivity contribution in [2.24, 2.45) is 0 Å². The Morgan fingerprint density at radius 2 is 1.32 bits per heavy atom. The van der Waals surface area contributed by atoms with Crippen LogP contribution in [0.15, 0.2) is 46.9 Å². The van der Waals surface area contributed by atoms with Crippen molar-refractivity contribution < 1.29 is 33.8 Å². The number of oxazole rings is 1. The van der Waals surface area contributed by atoms with Crippen molar-refractivity contribution in [1.82, 2.24) is 4.98 Å². The van der Waals surface area contributed by atoms with Gasteiger partial charge in [0.15, 0.2) is 5.58 Å². The predicted molar refractivity (Wildman–Crippen MR) is 110 cm³/mol. The first-order valence-electron chi connectivity index (χ1n) is 9.34. The monoisotopic (exact) mass is 425 g/mol. The number of fused-ring (bicyclic) bond motifs is 1. The smallest absolute Gasteiger partial charge is 0.303 e. The number of anilines is 2. The molecule has 2 amide bonds. The summed E-state index contributed by atoms with van der Waals surface area (Å²) in [5.74, 6) is -2.55. The fraction of sp³-hybridized carbons (Fsp3) is 0.190. The average Bonchev–Trinajstić information content (AvgIpc) is 3.14. The second kappa shape index (κ2) is 9.53. The highest BCUT2D eigenvalue weighted by Gasteiger charge is 2.12. The predicted octanol–water partition coefficient (Wildman–Crippen LogP) is 3.10. The van der Waals surface area contributed by atoms with Crippen LogP contribution in [0, 0.1) is 0 Å². The number of carboxylic acid groups (broad SMARTS) is 2. The number of carbonyl (C=O) groups is 4. The zero-order valence-electron chi connectivity index (χ0n) is 16.3. The van der Waals surface area contributed by atoms with Crippen molar-refractivity contribution in [2.75, 3.05) is 10.6 Å². The van der Waals surface area contributed by atoms with Gasteiger partial charge < -0.3 is 25.3 Å². The van der Waals surface area contributed by atoms with E-state index in [4.69, 9.17) is 14.6 Å². The summed E-state index contributed by atoms with van der Waals surface area (Å²) >= 11 is 0. The number of aliphatic carboxylic acids is 2. The molecule has 0 fully saturated rings. The molecule has 0 atom stereocenters. The molecule has 0 aliphatic rings. The molecule has 0 spiro atoms. The van der Waals surface area contributed by atoms with Gasteiger partial charge >= 0.3 is 11.9 Å². The average molecular weight is 425 g/mol. The maximum absolute atomic E-state index is 11.8. The van der Waals surface area contributed by atoms with E-state index in [0.717, 1.165) is 0 Å². The van der Waals surface area contributed by atoms with Crippen LogP contribution in [0.3, 0.4) is 0 Å². The molecule has 3 aromatic rings. The summed E-state index contributed by atoms with van der Waals surface area (Å²) in [6.07, 6.45) is -0.739. The molecule has 0 aliphatic heterocycles. The molecule has 3 rings (SSSR count). The quantitative estimate of drug-likeness (QED) is 0.407. The second-order valence-corrected chi connectivity index (χ2v) is 6.66. The van der Waals surface area contributed by atoms with Crippen LogP contribution >= 0.6 is 0 Å². The Labute approximate surface area is 175 Å². The first-order valence-corrected chi connectivity index (χ1v) is 9.34. The van der Waals surface area contributed by atoms with Gasteiger partial charge in [-0.3, -0.25) is 19.2 Å². The van der Waals surface area contributed by atoms with Gasteiger partial charge in [-0.1, -0.05) is 0 Å². The molecule has 4 N–H and O–H groups in total. The van der Waals surface area contributed by atoms with Gasteiger partial charge in [0, 0.05) is 35.8 Å². The number of rotatable bonds is 9. The van der Waals surface area contributed by atoms with E-state index in [2.05, 4.69) is 15.6 Å². The number of nitrogens with zero attached hydrogens (tertiary/aromatic N) is 1. The first kappa shape index (κ1) is 21.5. The van der Waals surface area contributed by atoms with Crippen molar-refractivity contribution in [2.45, 2.75) is 25.7 Å². The zero-order valence-corrected chi connectivity index (χ0v) is 16.3. The van der Waals surface area contributed by atoms with E-state index in [1.54, 1.807) is 42.5 Å². The Hall–Kier alpha value is -4.21. The van der Waals surface area contributed by atoms with Crippen LogP contribution in [0.4, 0.5) is 11.4 Å². The van der Waals surface area contributed by atoms with E-state index < -0.39 is 23.8 Å². The molecule has 10 heteroatoms. The molecule has 0 saturated heterocycles. The minimum absolute atomic E-state index is 0.114. The standard InChI is InChI=1S/C21H19N3O7/c25-17(7-9-19(27)28)22-13-3-1-12(2-4-13)21-24-15-6-5-14(11-16(15)31-21)23-18(26)8-10-20(29)30/h1-6,11H,7-10H2,(H,22,25)(H,23,26)(H,27,28)(H,29,30). The van der Waals surface area contributed by atoms with E-state index in [9.17, 15) is 19.2 Å². The van der Waals surface area contributed by atoms with Gasteiger partial charge in [0.05, 0.1) is 12.8 Å². The lowest BCUT2D eigenvalue weighted by Gasteiger charge is -2.04. The largest absolute Gasteiger partial charge is 0.481 e. The molecule has 0 radical (unpaired) electrons. The maximum Gasteiger partial charge on any atom is 0.303 e. The van der Waals surface area contributed by atoms with Crippen LogP contribution in [-0.2, 0) is 19.2 Å². The van der Waals surface area contributed by atoms with Gasteiger partial charge in [-0.25, -0.2) is 4.98 Å². The molecule has 1 aromatic heterocycles. The van der Waals surface area contributed by atoms with Gasteiger partial charge in [-0.2, -0.15) is 0 Å². The van der Waals surface area contributed by atoms with Crippen LogP contribution in [-0.4, -0.2) is 39.0 Å². The summed E-state index contributed by atoms with van der Waals surface area (Å²) in [5.41, 5.74) is 2.65. The lowest BCUT2D eigenvalue weighted by atomic mass is 10.2. The minimum atomic E-state index is -1.05. The molecule has 0 bridgehead atoms. The summed E-state index contributed by atoms with van der Waals surface area (Å²) in [6, 6.07) is 11.6. The molecular weight excluding hydrogens is 406 g/mol. The van der Waals surface area contributed by atoms with Crippen LogP contribution in [0.5, 0.6) is 0 Å². The van der Waals surface area contributed by atoms with E-state index in [1.807, 2.05) is 0 Å². The molecule has 1 heterocycles. The third-order valence-electron chi connectivity index (χ3n) is 4.22. The Bertz CT molecular complexity index is 1140. The SMILES string of the molecule is O=C(O)CCC(=O)Nc1ccc(-c2nc3ccc(NC(=O)CCC(=O)O)cc3o2)cc1. The Morgan fingerprint density at radius 1 is 0.774 bits per heavy atom. The number of amides is 2. The normalized spacial score (nSPS) is 10.6. The fourth-order valence-corrected chi connectivity index (χ4v) is 2.71. The number of nitrogens with one attached hydrogen (secondary N) is 2. The van der Waals surface area contributed by atoms with Crippen molar-refractivity contribution in [3.05, 3.63) is 42.5 Å². The third kappa shape index (κ3) is 6.13. The molecule has 31 heavy (non-hydrogen) atoms. The number of aromatic nitrogens is 1. The summed E-state index contributed by atoms with van der Waals surface area (Å²) in [6.45, 7) is 0. The Morgan fingerprint density at radius 3 is 1.90 bits per heavy atom. The summed E-state index contributed by atoms with van der Waals surface area (Å²) < 4.78 is 5.75. The van der Waals surface area contributed by atoms with E-state index in [-0.39, 0.29) is 25.7 Å². The van der Waals surface area contributed by atoms with Gasteiger partial charge in [0.25, 0.3) is 0 Å². The highest BCUT2D eigenvalue weighted by Crippen LogP contribution is 2.27. The molecule has 10 nitrogen and oxygen atoms in total. The van der Waals surface area contributed by atoms with Crippen LogP contribution in [0.1, 0.15) is 25.7 Å². The van der Waals surface area contributed by atoms with Crippen molar-refractivity contribution in [3.63, 3.8) is 0 Å². The highest BCUT2D eigenvalue weighted by molar-refractivity contribution is 5.94. The molecule has 160 valence electrons. The molecule has 0 unspecified atom stereocenters. The van der Waals surface area contributed by atoms with Gasteiger partial charge in [-0.05, 0) is 36.4 Å². The van der Waals surface area contributed by atoms with Crippen LogP contribution in [0.25, 0.3) is 22.6 Å². The lowest BCUT2D eigenvalue weighted by Crippen LogP contribution is -2.13. The lowest BCUT2D eigenvalue weighted by molar-refractivity contribution is -0.138. The molecule has 2 aromatic carbocycles. The van der Waals surface area contributed by atoms with Crippen molar-refractivity contribution >= 4 is 46.2 Å². The summed E-state index contributed by atoms with van der Waals surface area (Å²) in [4.78, 5) is 49.0. The second-order valence-electron chi connectivity index (χ2n) is 6.66. The molecule has 0 saturated carbocycles. The first-order chi connectivity index (χ1) is 14.8. The number of hydrogen-bond acceptors (Lipinski definition) is 6. The third-order valence-corrected chi connectivity index (χ3v) is 4.22. The van der Waals surface area contributed by atoms with E-state index in [1.165, 1.54) is 0 Å². The minimum Gasteiger partial charge on any atom is -0.481 e. The topological polar surface area (TPSA) is 159 Å². The van der Waals surface area contributed by atoms with E-state index in [0.29, 0.717) is 33.9 Å². The number of carboxylic acids is 2. The van der Waals surface area contributed by atoms with Gasteiger partial charge in [-0.15, -0.1) is 0 Å². The fourth-order valence-electron chi connectivity index (χ4n) is 2.71.